The van der Waals surface area contributed by atoms with Gasteiger partial charge in [-0.25, -0.2) is 4.79 Å². The largest absolute Gasteiger partial charge is 0.480 e. The van der Waals surface area contributed by atoms with Gasteiger partial charge in [0.1, 0.15) is 6.04 Å². The summed E-state index contributed by atoms with van der Waals surface area (Å²) in [5.74, 6) is -1.43. The van der Waals surface area contributed by atoms with Crippen LogP contribution in [0.2, 0.25) is 0 Å². The molecule has 106 valence electrons. The molecule has 0 radical (unpaired) electrons. The number of carboxylic acid groups (broad SMARTS) is 1. The Labute approximate surface area is 116 Å². The number of nitrogens with one attached hydrogen (secondary N) is 1. The van der Waals surface area contributed by atoms with Crippen molar-refractivity contribution in [3.63, 3.8) is 0 Å². The molecule has 0 aliphatic rings. The van der Waals surface area contributed by atoms with Gasteiger partial charge in [0.2, 0.25) is 0 Å². The van der Waals surface area contributed by atoms with Crippen LogP contribution in [0.5, 0.6) is 0 Å². The van der Waals surface area contributed by atoms with Crippen molar-refractivity contribution in [2.45, 2.75) is 38.8 Å². The Morgan fingerprint density at radius 3 is 2.63 bits per heavy atom. The Balaban J connectivity index is 2.49. The summed E-state index contributed by atoms with van der Waals surface area (Å²) in [7, 11) is 0. The van der Waals surface area contributed by atoms with Crippen molar-refractivity contribution in [3.05, 3.63) is 22.4 Å². The molecule has 0 saturated carbocycles. The number of aliphatic carboxylic acids is 1. The number of amides is 1. The number of thiophene rings is 1. The van der Waals surface area contributed by atoms with Crippen LogP contribution in [0.3, 0.4) is 0 Å². The molecule has 2 N–H and O–H groups in total. The summed E-state index contributed by atoms with van der Waals surface area (Å²) in [4.78, 5) is 22.9. The summed E-state index contributed by atoms with van der Waals surface area (Å²) in [5.41, 5.74) is 0.161. The molecule has 1 aromatic rings. The van der Waals surface area contributed by atoms with Gasteiger partial charge >= 0.3 is 5.97 Å². The standard InChI is InChI=1S/C13H19NO4S/c1-13(2,3)18-6-4-10(12(16)17)14-11(15)9-5-7-19-8-9/h5,7-8,10H,4,6H2,1-3H3,(H,14,15)(H,16,17). The van der Waals surface area contributed by atoms with Crippen LogP contribution in [0, 0.1) is 0 Å². The van der Waals surface area contributed by atoms with Gasteiger partial charge in [-0.2, -0.15) is 11.3 Å². The van der Waals surface area contributed by atoms with E-state index in [0.29, 0.717) is 5.56 Å². The maximum Gasteiger partial charge on any atom is 0.326 e. The smallest absolute Gasteiger partial charge is 0.326 e. The van der Waals surface area contributed by atoms with Crippen LogP contribution >= 0.6 is 11.3 Å². The van der Waals surface area contributed by atoms with Crippen LogP contribution < -0.4 is 5.32 Å². The zero-order valence-corrected chi connectivity index (χ0v) is 12.1. The second-order valence-corrected chi connectivity index (χ2v) is 5.91. The molecule has 0 spiro atoms. The summed E-state index contributed by atoms with van der Waals surface area (Å²) in [6, 6.07) is 0.722. The molecule has 0 saturated heterocycles. The molecular formula is C13H19NO4S. The molecule has 6 heteroatoms. The molecule has 1 rings (SSSR count). The van der Waals surface area contributed by atoms with E-state index < -0.39 is 12.0 Å². The van der Waals surface area contributed by atoms with E-state index in [0.717, 1.165) is 0 Å². The molecule has 0 aromatic carbocycles. The highest BCUT2D eigenvalue weighted by Gasteiger charge is 2.21. The lowest BCUT2D eigenvalue weighted by Crippen LogP contribution is -2.41. The number of carbonyl (C=O) groups is 2. The highest BCUT2D eigenvalue weighted by molar-refractivity contribution is 7.08. The van der Waals surface area contributed by atoms with Gasteiger partial charge in [-0.1, -0.05) is 0 Å². The van der Waals surface area contributed by atoms with Crippen molar-refractivity contribution in [2.75, 3.05) is 6.61 Å². The minimum Gasteiger partial charge on any atom is -0.480 e. The van der Waals surface area contributed by atoms with Crippen LogP contribution in [0.1, 0.15) is 37.6 Å². The van der Waals surface area contributed by atoms with Gasteiger partial charge < -0.3 is 15.2 Å². The Morgan fingerprint density at radius 1 is 1.47 bits per heavy atom. The second-order valence-electron chi connectivity index (χ2n) is 5.13. The fourth-order valence-corrected chi connectivity index (χ4v) is 2.01. The molecule has 1 heterocycles. The van der Waals surface area contributed by atoms with Gasteiger partial charge in [0.25, 0.3) is 5.91 Å². The van der Waals surface area contributed by atoms with E-state index in [1.807, 2.05) is 20.8 Å². The fourth-order valence-electron chi connectivity index (χ4n) is 1.38. The van der Waals surface area contributed by atoms with Crippen molar-refractivity contribution in [2.24, 2.45) is 0 Å². The van der Waals surface area contributed by atoms with Crippen molar-refractivity contribution < 1.29 is 19.4 Å². The SMILES string of the molecule is CC(C)(C)OCCC(NC(=O)c1ccsc1)C(=O)O. The number of carbonyl (C=O) groups excluding carboxylic acids is 1. The first-order chi connectivity index (χ1) is 8.79. The fraction of sp³-hybridized carbons (Fsp3) is 0.538. The van der Waals surface area contributed by atoms with E-state index in [-0.39, 0.29) is 24.5 Å². The van der Waals surface area contributed by atoms with E-state index in [2.05, 4.69) is 5.32 Å². The first kappa shape index (κ1) is 15.7. The van der Waals surface area contributed by atoms with E-state index in [4.69, 9.17) is 9.84 Å². The molecule has 5 nitrogen and oxygen atoms in total. The molecule has 19 heavy (non-hydrogen) atoms. The van der Waals surface area contributed by atoms with Gasteiger partial charge in [-0.05, 0) is 32.2 Å². The van der Waals surface area contributed by atoms with E-state index >= 15 is 0 Å². The predicted molar refractivity (Wildman–Crippen MR) is 73.5 cm³/mol. The minimum atomic E-state index is -1.05. The molecule has 1 atom stereocenters. The predicted octanol–water partition coefficient (Wildman–Crippen LogP) is 2.14. The Hall–Kier alpha value is -1.40. The van der Waals surface area contributed by atoms with Crippen LogP contribution in [0.15, 0.2) is 16.8 Å². The summed E-state index contributed by atoms with van der Waals surface area (Å²) < 4.78 is 5.47. The third-order valence-corrected chi connectivity index (χ3v) is 3.01. The maximum absolute atomic E-state index is 11.8. The average molecular weight is 285 g/mol. The topological polar surface area (TPSA) is 75.6 Å². The number of hydrogen-bond acceptors (Lipinski definition) is 4. The minimum absolute atomic E-state index is 0.239. The highest BCUT2D eigenvalue weighted by atomic mass is 32.1. The zero-order chi connectivity index (χ0) is 14.5. The summed E-state index contributed by atoms with van der Waals surface area (Å²) in [6.45, 7) is 5.97. The molecule has 0 aliphatic carbocycles. The molecule has 0 bridgehead atoms. The molecule has 1 unspecified atom stereocenters. The number of hydrogen-bond donors (Lipinski definition) is 2. The molecule has 1 amide bonds. The van der Waals surface area contributed by atoms with Gasteiger partial charge in [0.05, 0.1) is 11.2 Å². The van der Waals surface area contributed by atoms with Gasteiger partial charge in [0.15, 0.2) is 0 Å². The van der Waals surface area contributed by atoms with E-state index in [1.165, 1.54) is 11.3 Å². The summed E-state index contributed by atoms with van der Waals surface area (Å²) >= 11 is 1.39. The molecular weight excluding hydrogens is 266 g/mol. The number of rotatable bonds is 6. The van der Waals surface area contributed by atoms with Crippen LogP contribution in [0.4, 0.5) is 0 Å². The third kappa shape index (κ3) is 5.85. The van der Waals surface area contributed by atoms with Crippen LogP contribution in [-0.4, -0.2) is 35.2 Å². The van der Waals surface area contributed by atoms with Gasteiger partial charge in [-0.15, -0.1) is 0 Å². The first-order valence-corrected chi connectivity index (χ1v) is 6.94. The number of ether oxygens (including phenoxy) is 1. The highest BCUT2D eigenvalue weighted by Crippen LogP contribution is 2.09. The van der Waals surface area contributed by atoms with E-state index in [9.17, 15) is 9.59 Å². The Kier molecular flexibility index (Phi) is 5.50. The lowest BCUT2D eigenvalue weighted by atomic mass is 10.1. The maximum atomic E-state index is 11.8. The van der Waals surface area contributed by atoms with Crippen molar-refractivity contribution >= 4 is 23.2 Å². The van der Waals surface area contributed by atoms with E-state index in [1.54, 1.807) is 16.8 Å². The number of carboxylic acids is 1. The zero-order valence-electron chi connectivity index (χ0n) is 11.3. The monoisotopic (exact) mass is 285 g/mol. The molecule has 0 aliphatic heterocycles. The van der Waals surface area contributed by atoms with Crippen molar-refractivity contribution in [1.29, 1.82) is 0 Å². The Bertz CT molecular complexity index is 422. The van der Waals surface area contributed by atoms with Gasteiger partial charge in [-0.3, -0.25) is 4.79 Å². The quantitative estimate of drug-likeness (QED) is 0.839. The van der Waals surface area contributed by atoms with Gasteiger partial charge in [0, 0.05) is 18.4 Å². The first-order valence-electron chi connectivity index (χ1n) is 5.99. The van der Waals surface area contributed by atoms with Crippen LogP contribution in [-0.2, 0) is 9.53 Å². The normalized spacial score (nSPS) is 13.0. The van der Waals surface area contributed by atoms with Crippen LogP contribution in [0.25, 0.3) is 0 Å². The van der Waals surface area contributed by atoms with Crippen molar-refractivity contribution in [3.8, 4) is 0 Å². The lowest BCUT2D eigenvalue weighted by molar-refractivity contribution is -0.140. The Morgan fingerprint density at radius 2 is 2.16 bits per heavy atom. The summed E-state index contributed by atoms with van der Waals surface area (Å²) in [6.07, 6.45) is 0.239. The second kappa shape index (κ2) is 6.68. The summed E-state index contributed by atoms with van der Waals surface area (Å²) in [5, 5.41) is 15.0. The third-order valence-electron chi connectivity index (χ3n) is 2.33. The average Bonchev–Trinajstić information content (AvgIpc) is 2.78. The lowest BCUT2D eigenvalue weighted by Gasteiger charge is -2.21. The molecule has 1 aromatic heterocycles. The van der Waals surface area contributed by atoms with Crippen molar-refractivity contribution in [1.82, 2.24) is 5.32 Å². The molecule has 0 fully saturated rings.